The van der Waals surface area contributed by atoms with Crippen LogP contribution < -0.4 is 0 Å². The van der Waals surface area contributed by atoms with Gasteiger partial charge in [0.05, 0.1) is 12.0 Å². The van der Waals surface area contributed by atoms with Gasteiger partial charge < -0.3 is 4.74 Å². The van der Waals surface area contributed by atoms with Crippen molar-refractivity contribution in [2.75, 3.05) is 6.61 Å². The van der Waals surface area contributed by atoms with E-state index in [4.69, 9.17) is 16.3 Å². The van der Waals surface area contributed by atoms with Crippen molar-refractivity contribution < 1.29 is 18.3 Å². The van der Waals surface area contributed by atoms with E-state index in [1.165, 1.54) is 6.07 Å². The summed E-state index contributed by atoms with van der Waals surface area (Å²) >= 11 is 5.94. The molecule has 0 fully saturated rings. The lowest BCUT2D eigenvalue weighted by Gasteiger charge is -2.10. The molecule has 1 aromatic carbocycles. The van der Waals surface area contributed by atoms with E-state index in [9.17, 15) is 13.6 Å². The van der Waals surface area contributed by atoms with E-state index < -0.39 is 17.0 Å². The minimum absolute atomic E-state index is 0.110. The summed E-state index contributed by atoms with van der Waals surface area (Å²) in [6.07, 6.45) is 0.363. The normalized spacial score (nSPS) is 12.2. The van der Waals surface area contributed by atoms with Crippen LogP contribution in [0.5, 0.6) is 0 Å². The van der Waals surface area contributed by atoms with Gasteiger partial charge in [-0.1, -0.05) is 6.07 Å². The molecule has 1 rings (SSSR count). The lowest BCUT2D eigenvalue weighted by molar-refractivity contribution is -0.143. The maximum Gasteiger partial charge on any atom is 0.305 e. The first-order chi connectivity index (χ1) is 8.04. The molecule has 0 saturated carbocycles. The van der Waals surface area contributed by atoms with Crippen molar-refractivity contribution in [1.82, 2.24) is 0 Å². The van der Waals surface area contributed by atoms with E-state index in [-0.39, 0.29) is 24.4 Å². The second-order valence-electron chi connectivity index (χ2n) is 3.48. The van der Waals surface area contributed by atoms with Crippen LogP contribution >= 0.6 is 11.6 Å². The topological polar surface area (TPSA) is 26.3 Å². The van der Waals surface area contributed by atoms with Gasteiger partial charge in [0.1, 0.15) is 11.6 Å². The minimum Gasteiger partial charge on any atom is -0.466 e. The summed E-state index contributed by atoms with van der Waals surface area (Å²) in [7, 11) is 0. The van der Waals surface area contributed by atoms with Gasteiger partial charge in [0.25, 0.3) is 0 Å². The van der Waals surface area contributed by atoms with Gasteiger partial charge in [0.15, 0.2) is 0 Å². The van der Waals surface area contributed by atoms with E-state index in [0.29, 0.717) is 6.61 Å². The van der Waals surface area contributed by atoms with E-state index in [1.807, 2.05) is 0 Å². The van der Waals surface area contributed by atoms with Gasteiger partial charge in [0.2, 0.25) is 0 Å². The number of alkyl halides is 1. The molecule has 0 aliphatic carbocycles. The molecule has 0 spiro atoms. The van der Waals surface area contributed by atoms with Gasteiger partial charge in [0, 0.05) is 18.1 Å². The first kappa shape index (κ1) is 13.9. The van der Waals surface area contributed by atoms with Gasteiger partial charge >= 0.3 is 5.97 Å². The molecule has 1 aromatic rings. The first-order valence-electron chi connectivity index (χ1n) is 5.29. The zero-order valence-electron chi connectivity index (χ0n) is 9.38. The number of halogens is 3. The monoisotopic (exact) mass is 262 g/mol. The Morgan fingerprint density at radius 2 is 2.18 bits per heavy atom. The predicted molar refractivity (Wildman–Crippen MR) is 60.8 cm³/mol. The van der Waals surface area contributed by atoms with Crippen molar-refractivity contribution >= 4 is 17.6 Å². The molecule has 1 unspecified atom stereocenters. The van der Waals surface area contributed by atoms with Crippen LogP contribution in [0.25, 0.3) is 0 Å². The van der Waals surface area contributed by atoms with E-state index >= 15 is 0 Å². The van der Waals surface area contributed by atoms with Crippen LogP contribution in [-0.2, 0) is 9.53 Å². The summed E-state index contributed by atoms with van der Waals surface area (Å²) in [5.74, 6) is -1.73. The Bertz CT molecular complexity index is 396. The zero-order valence-corrected chi connectivity index (χ0v) is 10.1. The molecule has 0 bridgehead atoms. The highest BCUT2D eigenvalue weighted by molar-refractivity contribution is 6.20. The van der Waals surface area contributed by atoms with Gasteiger partial charge in [-0.05, 0) is 19.4 Å². The third-order valence-electron chi connectivity index (χ3n) is 2.21. The molecule has 0 radical (unpaired) electrons. The van der Waals surface area contributed by atoms with Crippen LogP contribution in [0.2, 0.25) is 0 Å². The first-order valence-corrected chi connectivity index (χ1v) is 5.73. The number of benzene rings is 1. The Morgan fingerprint density at radius 1 is 1.47 bits per heavy atom. The summed E-state index contributed by atoms with van der Waals surface area (Å²) in [5, 5.41) is -0.667. The summed E-state index contributed by atoms with van der Waals surface area (Å²) in [5.41, 5.74) is 0.192. The van der Waals surface area contributed by atoms with Crippen LogP contribution in [0.15, 0.2) is 18.2 Å². The van der Waals surface area contributed by atoms with E-state index in [1.54, 1.807) is 6.92 Å². The van der Waals surface area contributed by atoms with Crippen molar-refractivity contribution in [1.29, 1.82) is 0 Å². The van der Waals surface area contributed by atoms with Crippen LogP contribution in [0.3, 0.4) is 0 Å². The Kier molecular flexibility index (Phi) is 5.35. The summed E-state index contributed by atoms with van der Waals surface area (Å²) < 4.78 is 30.7. The number of carbonyl (C=O) groups excluding carboxylic acids is 1. The lowest BCUT2D eigenvalue weighted by atomic mass is 10.1. The Balaban J connectivity index is 2.57. The SMILES string of the molecule is CCOC(=O)CCC(Cl)c1ccc(F)cc1F. The molecule has 0 aliphatic heterocycles. The maximum atomic E-state index is 13.3. The van der Waals surface area contributed by atoms with Crippen molar-refractivity contribution in [2.45, 2.75) is 25.1 Å². The maximum absolute atomic E-state index is 13.3. The quantitative estimate of drug-likeness (QED) is 0.599. The molecule has 0 aromatic heterocycles. The van der Waals surface area contributed by atoms with Crippen LogP contribution in [-0.4, -0.2) is 12.6 Å². The second-order valence-corrected chi connectivity index (χ2v) is 4.00. The van der Waals surface area contributed by atoms with Crippen molar-refractivity contribution in [3.8, 4) is 0 Å². The van der Waals surface area contributed by atoms with Gasteiger partial charge in [-0.2, -0.15) is 0 Å². The summed E-state index contributed by atoms with van der Waals surface area (Å²) in [6, 6.07) is 3.20. The van der Waals surface area contributed by atoms with Gasteiger partial charge in [-0.15, -0.1) is 11.6 Å². The number of rotatable bonds is 5. The number of esters is 1. The smallest absolute Gasteiger partial charge is 0.305 e. The van der Waals surface area contributed by atoms with Crippen LogP contribution in [0, 0.1) is 11.6 Å². The molecule has 0 saturated heterocycles. The van der Waals surface area contributed by atoms with Crippen LogP contribution in [0.4, 0.5) is 8.78 Å². The molecule has 0 heterocycles. The van der Waals surface area contributed by atoms with Crippen molar-refractivity contribution in [3.63, 3.8) is 0 Å². The van der Waals surface area contributed by atoms with E-state index in [2.05, 4.69) is 0 Å². The fourth-order valence-electron chi connectivity index (χ4n) is 1.39. The predicted octanol–water partition coefficient (Wildman–Crippen LogP) is 3.59. The second kappa shape index (κ2) is 6.55. The molecule has 0 aliphatic rings. The van der Waals surface area contributed by atoms with Crippen molar-refractivity contribution in [2.24, 2.45) is 0 Å². The molecule has 5 heteroatoms. The average molecular weight is 263 g/mol. The van der Waals surface area contributed by atoms with Gasteiger partial charge in [-0.25, -0.2) is 8.78 Å². The molecule has 2 nitrogen and oxygen atoms in total. The Labute approximate surface area is 104 Å². The third kappa shape index (κ3) is 4.30. The zero-order chi connectivity index (χ0) is 12.8. The highest BCUT2D eigenvalue weighted by Crippen LogP contribution is 2.28. The largest absolute Gasteiger partial charge is 0.466 e. The minimum atomic E-state index is -0.700. The highest BCUT2D eigenvalue weighted by Gasteiger charge is 2.15. The molecule has 0 N–H and O–H groups in total. The fourth-order valence-corrected chi connectivity index (χ4v) is 1.67. The Morgan fingerprint density at radius 3 is 2.76 bits per heavy atom. The lowest BCUT2D eigenvalue weighted by Crippen LogP contribution is -2.05. The number of carbonyl (C=O) groups is 1. The fraction of sp³-hybridized carbons (Fsp3) is 0.417. The van der Waals surface area contributed by atoms with Gasteiger partial charge in [-0.3, -0.25) is 4.79 Å². The Hall–Kier alpha value is -1.16. The molecule has 0 amide bonds. The average Bonchev–Trinajstić information content (AvgIpc) is 2.26. The van der Waals surface area contributed by atoms with Crippen molar-refractivity contribution in [3.05, 3.63) is 35.4 Å². The summed E-state index contributed by atoms with van der Waals surface area (Å²) in [4.78, 5) is 11.1. The number of ether oxygens (including phenoxy) is 1. The number of hydrogen-bond acceptors (Lipinski definition) is 2. The number of hydrogen-bond donors (Lipinski definition) is 0. The standard InChI is InChI=1S/C12H13ClF2O2/c1-2-17-12(16)6-5-10(13)9-4-3-8(14)7-11(9)15/h3-4,7,10H,2,5-6H2,1H3. The molecular formula is C12H13ClF2O2. The molecule has 94 valence electrons. The van der Waals surface area contributed by atoms with E-state index in [0.717, 1.165) is 12.1 Å². The molecule has 17 heavy (non-hydrogen) atoms. The summed E-state index contributed by atoms with van der Waals surface area (Å²) in [6.45, 7) is 2.01. The third-order valence-corrected chi connectivity index (χ3v) is 2.66. The molecular weight excluding hydrogens is 250 g/mol. The molecule has 1 atom stereocenters. The van der Waals surface area contributed by atoms with Crippen LogP contribution in [0.1, 0.15) is 30.7 Å². The highest BCUT2D eigenvalue weighted by atomic mass is 35.5.